The minimum atomic E-state index is -4.47. The summed E-state index contributed by atoms with van der Waals surface area (Å²) in [7, 11) is -4.47. The van der Waals surface area contributed by atoms with Crippen LogP contribution in [0.15, 0.2) is 81.9 Å². The smallest absolute Gasteiger partial charge is 0.294 e. The van der Waals surface area contributed by atoms with Crippen molar-refractivity contribution in [3.63, 3.8) is 0 Å². The molecular weight excluding hydrogens is 518 g/mol. The van der Waals surface area contributed by atoms with Gasteiger partial charge in [-0.25, -0.2) is 0 Å². The summed E-state index contributed by atoms with van der Waals surface area (Å²) in [4.78, 5) is 12.7. The maximum atomic E-state index is 13.1. The average molecular weight is 540 g/mol. The molecule has 0 saturated carbocycles. The predicted octanol–water partition coefficient (Wildman–Crippen LogP) is 6.82. The fraction of sp³-hybridized carbons (Fsp3) is 0.115. The van der Waals surface area contributed by atoms with Gasteiger partial charge in [-0.2, -0.15) is 8.42 Å². The van der Waals surface area contributed by atoms with E-state index in [0.717, 1.165) is 6.07 Å². The highest BCUT2D eigenvalue weighted by Crippen LogP contribution is 2.41. The van der Waals surface area contributed by atoms with Gasteiger partial charge in [0.1, 0.15) is 17.1 Å². The number of nitrogens with one attached hydrogen (secondary N) is 1. The summed E-state index contributed by atoms with van der Waals surface area (Å²) in [6.07, 6.45) is 0. The van der Waals surface area contributed by atoms with E-state index < -0.39 is 21.8 Å². The molecule has 4 rings (SSSR count). The number of hydrogen-bond donors (Lipinski definition) is 3. The molecule has 11 heteroatoms. The van der Waals surface area contributed by atoms with Crippen molar-refractivity contribution in [2.24, 2.45) is 10.2 Å². The standard InChI is InChI=1S/C26H22ClN3O6S/c1-3-36-18-10-8-17(9-11-18)28-26(32)20-14-16-6-4-5-7-19(16)24(25(20)31)30-29-21-12-13-22(37(33,34)35)15(2)23(21)27/h4-14,31H,3H2,1-2H3,(H,28,32)(H,33,34,35). The Labute approximate surface area is 218 Å². The van der Waals surface area contributed by atoms with Crippen LogP contribution < -0.4 is 10.1 Å². The van der Waals surface area contributed by atoms with Crippen molar-refractivity contribution in [2.75, 3.05) is 11.9 Å². The summed E-state index contributed by atoms with van der Waals surface area (Å²) < 4.78 is 37.8. The Hall–Kier alpha value is -3.99. The third kappa shape index (κ3) is 5.56. The Morgan fingerprint density at radius 1 is 1.05 bits per heavy atom. The number of fused-ring (bicyclic) bond motifs is 1. The molecule has 0 saturated heterocycles. The number of rotatable bonds is 7. The van der Waals surface area contributed by atoms with E-state index in [1.54, 1.807) is 54.6 Å². The fourth-order valence-electron chi connectivity index (χ4n) is 3.71. The van der Waals surface area contributed by atoms with Gasteiger partial charge in [-0.1, -0.05) is 35.9 Å². The van der Waals surface area contributed by atoms with Crippen LogP contribution in [0.5, 0.6) is 11.5 Å². The van der Waals surface area contributed by atoms with Crippen molar-refractivity contribution in [3.8, 4) is 11.5 Å². The third-order valence-corrected chi connectivity index (χ3v) is 6.99. The number of nitrogens with zero attached hydrogens (tertiary/aromatic N) is 2. The van der Waals surface area contributed by atoms with Gasteiger partial charge in [-0.15, -0.1) is 10.2 Å². The zero-order valence-electron chi connectivity index (χ0n) is 19.8. The molecule has 190 valence electrons. The molecule has 0 bridgehead atoms. The van der Waals surface area contributed by atoms with E-state index in [1.165, 1.54) is 13.0 Å². The van der Waals surface area contributed by atoms with E-state index in [0.29, 0.717) is 28.8 Å². The lowest BCUT2D eigenvalue weighted by molar-refractivity contribution is 0.102. The van der Waals surface area contributed by atoms with Crippen LogP contribution in [0.4, 0.5) is 17.1 Å². The van der Waals surface area contributed by atoms with E-state index in [4.69, 9.17) is 16.3 Å². The van der Waals surface area contributed by atoms with Crippen LogP contribution in [0, 0.1) is 6.92 Å². The SMILES string of the molecule is CCOc1ccc(NC(=O)c2cc3ccccc3c(N=Nc3ccc(S(=O)(=O)O)c(C)c3Cl)c2O)cc1. The molecule has 0 heterocycles. The summed E-state index contributed by atoms with van der Waals surface area (Å²) in [5.41, 5.74) is 0.718. The Morgan fingerprint density at radius 2 is 1.76 bits per heavy atom. The molecule has 0 aromatic heterocycles. The maximum Gasteiger partial charge on any atom is 0.294 e. The second kappa shape index (κ2) is 10.6. The first-order valence-corrected chi connectivity index (χ1v) is 12.9. The predicted molar refractivity (Wildman–Crippen MR) is 141 cm³/mol. The van der Waals surface area contributed by atoms with Crippen molar-refractivity contribution in [2.45, 2.75) is 18.7 Å². The maximum absolute atomic E-state index is 13.1. The highest BCUT2D eigenvalue weighted by atomic mass is 35.5. The molecule has 4 aromatic carbocycles. The minimum absolute atomic E-state index is 0.0227. The lowest BCUT2D eigenvalue weighted by Gasteiger charge is -2.12. The number of anilines is 1. The number of carbonyl (C=O) groups excluding carboxylic acids is 1. The number of phenols is 1. The molecule has 3 N–H and O–H groups in total. The number of halogens is 1. The van der Waals surface area contributed by atoms with Crippen LogP contribution >= 0.6 is 11.6 Å². The minimum Gasteiger partial charge on any atom is -0.505 e. The van der Waals surface area contributed by atoms with Crippen molar-refractivity contribution in [1.82, 2.24) is 0 Å². The molecule has 9 nitrogen and oxygen atoms in total. The second-order valence-electron chi connectivity index (χ2n) is 7.95. The molecule has 4 aromatic rings. The molecule has 37 heavy (non-hydrogen) atoms. The molecule has 0 aliphatic rings. The Bertz CT molecular complexity index is 1640. The number of phenolic OH excluding ortho intramolecular Hbond substituents is 1. The number of benzene rings is 4. The molecular formula is C26H22ClN3O6S. The van der Waals surface area contributed by atoms with Gasteiger partial charge in [0, 0.05) is 11.1 Å². The van der Waals surface area contributed by atoms with Gasteiger partial charge in [-0.05, 0) is 67.3 Å². The van der Waals surface area contributed by atoms with Crippen LogP contribution in [0.1, 0.15) is 22.8 Å². The summed E-state index contributed by atoms with van der Waals surface area (Å²) in [6.45, 7) is 3.81. The molecule has 0 fully saturated rings. The van der Waals surface area contributed by atoms with Crippen molar-refractivity contribution in [3.05, 3.63) is 82.9 Å². The third-order valence-electron chi connectivity index (χ3n) is 5.51. The molecule has 0 unspecified atom stereocenters. The normalized spacial score (nSPS) is 11.7. The second-order valence-corrected chi connectivity index (χ2v) is 9.72. The number of carbonyl (C=O) groups is 1. The highest BCUT2D eigenvalue weighted by molar-refractivity contribution is 7.85. The van der Waals surface area contributed by atoms with E-state index in [1.807, 2.05) is 6.92 Å². The van der Waals surface area contributed by atoms with Gasteiger partial charge in [0.05, 0.1) is 22.1 Å². The number of ether oxygens (including phenoxy) is 1. The summed E-state index contributed by atoms with van der Waals surface area (Å²) in [5.74, 6) is -0.293. The molecule has 0 atom stereocenters. The largest absolute Gasteiger partial charge is 0.505 e. The topological polar surface area (TPSA) is 138 Å². The Balaban J connectivity index is 1.73. The fourth-order valence-corrected chi connectivity index (χ4v) is 4.69. The number of azo groups is 1. The van der Waals surface area contributed by atoms with Gasteiger partial charge in [0.15, 0.2) is 5.75 Å². The summed E-state index contributed by atoms with van der Waals surface area (Å²) in [6, 6.07) is 17.8. The summed E-state index contributed by atoms with van der Waals surface area (Å²) in [5, 5.41) is 23.2. The number of hydrogen-bond acceptors (Lipinski definition) is 7. The quantitative estimate of drug-likeness (QED) is 0.174. The van der Waals surface area contributed by atoms with Crippen molar-refractivity contribution >= 4 is 55.5 Å². The zero-order chi connectivity index (χ0) is 26.7. The summed E-state index contributed by atoms with van der Waals surface area (Å²) >= 11 is 6.27. The molecule has 0 aliphatic carbocycles. The van der Waals surface area contributed by atoms with E-state index >= 15 is 0 Å². The zero-order valence-corrected chi connectivity index (χ0v) is 21.3. The first kappa shape index (κ1) is 26.1. The van der Waals surface area contributed by atoms with Crippen LogP contribution in [0.25, 0.3) is 10.8 Å². The number of aromatic hydroxyl groups is 1. The van der Waals surface area contributed by atoms with E-state index in [9.17, 15) is 22.9 Å². The van der Waals surface area contributed by atoms with E-state index in [-0.39, 0.29) is 32.4 Å². The monoisotopic (exact) mass is 539 g/mol. The van der Waals surface area contributed by atoms with Crippen molar-refractivity contribution in [1.29, 1.82) is 0 Å². The van der Waals surface area contributed by atoms with Crippen LogP contribution in [-0.2, 0) is 10.1 Å². The lowest BCUT2D eigenvalue weighted by atomic mass is 10.0. The van der Waals surface area contributed by atoms with Gasteiger partial charge in [0.2, 0.25) is 0 Å². The first-order chi connectivity index (χ1) is 17.6. The van der Waals surface area contributed by atoms with Gasteiger partial charge < -0.3 is 15.2 Å². The highest BCUT2D eigenvalue weighted by Gasteiger charge is 2.20. The van der Waals surface area contributed by atoms with Crippen LogP contribution in [-0.4, -0.2) is 30.6 Å². The van der Waals surface area contributed by atoms with Gasteiger partial charge in [0.25, 0.3) is 16.0 Å². The van der Waals surface area contributed by atoms with E-state index in [2.05, 4.69) is 15.5 Å². The average Bonchev–Trinajstić information content (AvgIpc) is 2.86. The molecule has 0 aliphatic heterocycles. The molecule has 1 amide bonds. The van der Waals surface area contributed by atoms with Gasteiger partial charge in [-0.3, -0.25) is 9.35 Å². The Kier molecular flexibility index (Phi) is 7.44. The first-order valence-electron chi connectivity index (χ1n) is 11.1. The molecule has 0 radical (unpaired) electrons. The van der Waals surface area contributed by atoms with Crippen LogP contribution in [0.2, 0.25) is 5.02 Å². The lowest BCUT2D eigenvalue weighted by Crippen LogP contribution is -2.12. The van der Waals surface area contributed by atoms with Gasteiger partial charge >= 0.3 is 0 Å². The van der Waals surface area contributed by atoms with Crippen molar-refractivity contribution < 1.29 is 27.6 Å². The Morgan fingerprint density at radius 3 is 2.43 bits per heavy atom. The number of amides is 1. The van der Waals surface area contributed by atoms with Crippen LogP contribution in [0.3, 0.4) is 0 Å². The molecule has 0 spiro atoms.